The first-order valence-corrected chi connectivity index (χ1v) is 6.86. The van der Waals surface area contributed by atoms with E-state index in [4.69, 9.17) is 15.3 Å². The zero-order valence-electron chi connectivity index (χ0n) is 10.9. The third-order valence-electron chi connectivity index (χ3n) is 2.52. The number of hydrogen-bond acceptors (Lipinski definition) is 4. The maximum atomic E-state index is 12.0. The van der Waals surface area contributed by atoms with Crippen molar-refractivity contribution in [3.63, 3.8) is 0 Å². The van der Waals surface area contributed by atoms with E-state index >= 15 is 0 Å². The first kappa shape index (κ1) is 16.0. The zero-order chi connectivity index (χ0) is 14.8. The van der Waals surface area contributed by atoms with Crippen LogP contribution in [0.1, 0.15) is 12.8 Å². The standard InChI is InChI=1S/C14H14BrN3O2/c15-12-3-5-13(6-4-12)20-11-14(19)18(9-1-7-16)10-2-8-17/h3-6H,1-2,9-11H2. The molecule has 0 aromatic heterocycles. The molecule has 20 heavy (non-hydrogen) atoms. The molecule has 1 aromatic rings. The van der Waals surface area contributed by atoms with Crippen molar-refractivity contribution in [1.29, 1.82) is 10.5 Å². The number of nitriles is 2. The topological polar surface area (TPSA) is 77.1 Å². The molecule has 0 spiro atoms. The molecule has 0 saturated carbocycles. The van der Waals surface area contributed by atoms with Crippen LogP contribution >= 0.6 is 15.9 Å². The Morgan fingerprint density at radius 1 is 1.15 bits per heavy atom. The summed E-state index contributed by atoms with van der Waals surface area (Å²) < 4.78 is 6.32. The van der Waals surface area contributed by atoms with Crippen LogP contribution in [0.5, 0.6) is 5.75 Å². The Morgan fingerprint density at radius 2 is 1.70 bits per heavy atom. The van der Waals surface area contributed by atoms with Crippen molar-refractivity contribution >= 4 is 21.8 Å². The van der Waals surface area contributed by atoms with Crippen LogP contribution in [0, 0.1) is 22.7 Å². The number of benzene rings is 1. The van der Waals surface area contributed by atoms with Gasteiger partial charge in [0.1, 0.15) is 5.75 Å². The van der Waals surface area contributed by atoms with Crippen LogP contribution in [-0.4, -0.2) is 30.5 Å². The second-order valence-corrected chi connectivity index (χ2v) is 4.86. The molecular weight excluding hydrogens is 322 g/mol. The summed E-state index contributed by atoms with van der Waals surface area (Å²) in [5.74, 6) is 0.375. The fourth-order valence-electron chi connectivity index (χ4n) is 1.50. The average Bonchev–Trinajstić information content (AvgIpc) is 2.46. The Hall–Kier alpha value is -2.05. The van der Waals surface area contributed by atoms with Crippen LogP contribution in [0.25, 0.3) is 0 Å². The molecule has 0 aliphatic carbocycles. The van der Waals surface area contributed by atoms with Gasteiger partial charge in [-0.3, -0.25) is 4.79 Å². The molecule has 1 aromatic carbocycles. The molecule has 104 valence electrons. The summed E-state index contributed by atoms with van der Waals surface area (Å²) in [7, 11) is 0. The summed E-state index contributed by atoms with van der Waals surface area (Å²) in [6, 6.07) is 11.1. The average molecular weight is 336 g/mol. The maximum absolute atomic E-state index is 12.0. The quantitative estimate of drug-likeness (QED) is 0.766. The lowest BCUT2D eigenvalue weighted by Crippen LogP contribution is -2.36. The van der Waals surface area contributed by atoms with Gasteiger partial charge < -0.3 is 9.64 Å². The fraction of sp³-hybridized carbons (Fsp3) is 0.357. The summed E-state index contributed by atoms with van der Waals surface area (Å²) >= 11 is 3.31. The molecule has 0 atom stereocenters. The molecule has 0 aliphatic rings. The van der Waals surface area contributed by atoms with Gasteiger partial charge in [-0.2, -0.15) is 10.5 Å². The lowest BCUT2D eigenvalue weighted by molar-refractivity contribution is -0.133. The lowest BCUT2D eigenvalue weighted by Gasteiger charge is -2.20. The van der Waals surface area contributed by atoms with Crippen molar-refractivity contribution in [2.24, 2.45) is 0 Å². The largest absolute Gasteiger partial charge is 0.484 e. The number of amides is 1. The Balaban J connectivity index is 2.50. The molecule has 1 rings (SSSR count). The minimum Gasteiger partial charge on any atom is -0.484 e. The minimum absolute atomic E-state index is 0.0987. The van der Waals surface area contributed by atoms with Crippen LogP contribution in [0.3, 0.4) is 0 Å². The van der Waals surface area contributed by atoms with Crippen LogP contribution in [-0.2, 0) is 4.79 Å². The van der Waals surface area contributed by atoms with E-state index in [0.29, 0.717) is 18.8 Å². The second kappa shape index (κ2) is 8.95. The highest BCUT2D eigenvalue weighted by Gasteiger charge is 2.13. The number of carbonyl (C=O) groups excluding carboxylic acids is 1. The predicted octanol–water partition coefficient (Wildman–Crippen LogP) is 2.48. The maximum Gasteiger partial charge on any atom is 0.260 e. The lowest BCUT2D eigenvalue weighted by atomic mass is 10.3. The first-order valence-electron chi connectivity index (χ1n) is 6.07. The van der Waals surface area contributed by atoms with Crippen molar-refractivity contribution in [2.45, 2.75) is 12.8 Å². The van der Waals surface area contributed by atoms with E-state index in [2.05, 4.69) is 15.9 Å². The van der Waals surface area contributed by atoms with Gasteiger partial charge >= 0.3 is 0 Å². The monoisotopic (exact) mass is 335 g/mol. The third kappa shape index (κ3) is 5.73. The van der Waals surface area contributed by atoms with Crippen molar-refractivity contribution in [3.8, 4) is 17.9 Å². The van der Waals surface area contributed by atoms with Gasteiger partial charge in [-0.25, -0.2) is 0 Å². The molecular formula is C14H14BrN3O2. The van der Waals surface area contributed by atoms with E-state index in [-0.39, 0.29) is 25.4 Å². The Morgan fingerprint density at radius 3 is 2.20 bits per heavy atom. The van der Waals surface area contributed by atoms with Crippen LogP contribution in [0.15, 0.2) is 28.7 Å². The van der Waals surface area contributed by atoms with Gasteiger partial charge in [0.15, 0.2) is 6.61 Å². The molecule has 0 unspecified atom stereocenters. The molecule has 0 N–H and O–H groups in total. The SMILES string of the molecule is N#CCCN(CCC#N)C(=O)COc1ccc(Br)cc1. The predicted molar refractivity (Wildman–Crippen MR) is 76.7 cm³/mol. The second-order valence-electron chi connectivity index (χ2n) is 3.94. The number of carbonyl (C=O) groups is 1. The van der Waals surface area contributed by atoms with Gasteiger partial charge in [0.25, 0.3) is 5.91 Å². The number of rotatable bonds is 7. The molecule has 0 saturated heterocycles. The summed E-state index contributed by atoms with van der Waals surface area (Å²) in [5, 5.41) is 17.1. The van der Waals surface area contributed by atoms with Gasteiger partial charge in [-0.1, -0.05) is 15.9 Å². The molecule has 6 heteroatoms. The molecule has 0 heterocycles. The Kier molecular flexibility index (Phi) is 7.16. The minimum atomic E-state index is -0.224. The molecule has 0 bridgehead atoms. The summed E-state index contributed by atoms with van der Waals surface area (Å²) in [5.41, 5.74) is 0. The third-order valence-corrected chi connectivity index (χ3v) is 3.04. The van der Waals surface area contributed by atoms with Crippen LogP contribution < -0.4 is 4.74 Å². The Bertz CT molecular complexity index is 499. The van der Waals surface area contributed by atoms with Crippen molar-refractivity contribution in [1.82, 2.24) is 4.90 Å². The van der Waals surface area contributed by atoms with Gasteiger partial charge in [0.05, 0.1) is 25.0 Å². The smallest absolute Gasteiger partial charge is 0.260 e. The molecule has 0 aliphatic heterocycles. The van der Waals surface area contributed by atoms with E-state index in [1.165, 1.54) is 4.90 Å². The molecule has 0 fully saturated rings. The highest BCUT2D eigenvalue weighted by atomic mass is 79.9. The van der Waals surface area contributed by atoms with E-state index in [0.717, 1.165) is 4.47 Å². The van der Waals surface area contributed by atoms with Crippen molar-refractivity contribution in [3.05, 3.63) is 28.7 Å². The molecule has 1 amide bonds. The zero-order valence-corrected chi connectivity index (χ0v) is 12.5. The fourth-order valence-corrected chi connectivity index (χ4v) is 1.76. The normalized spacial score (nSPS) is 9.35. The number of ether oxygens (including phenoxy) is 1. The number of halogens is 1. The van der Waals surface area contributed by atoms with Crippen LogP contribution in [0.2, 0.25) is 0 Å². The summed E-state index contributed by atoms with van der Waals surface area (Å²) in [6.45, 7) is 0.542. The highest BCUT2D eigenvalue weighted by molar-refractivity contribution is 9.10. The molecule has 0 radical (unpaired) electrons. The van der Waals surface area contributed by atoms with Gasteiger partial charge in [0, 0.05) is 17.6 Å². The summed E-state index contributed by atoms with van der Waals surface area (Å²) in [6.07, 6.45) is 0.491. The van der Waals surface area contributed by atoms with Crippen molar-refractivity contribution in [2.75, 3.05) is 19.7 Å². The molecule has 5 nitrogen and oxygen atoms in total. The van der Waals surface area contributed by atoms with E-state index in [1.54, 1.807) is 12.1 Å². The highest BCUT2D eigenvalue weighted by Crippen LogP contribution is 2.16. The van der Waals surface area contributed by atoms with E-state index < -0.39 is 0 Å². The summed E-state index contributed by atoms with van der Waals surface area (Å²) in [4.78, 5) is 13.4. The van der Waals surface area contributed by atoms with E-state index in [1.807, 2.05) is 24.3 Å². The van der Waals surface area contributed by atoms with Gasteiger partial charge in [0.2, 0.25) is 0 Å². The van der Waals surface area contributed by atoms with Gasteiger partial charge in [-0.05, 0) is 24.3 Å². The number of hydrogen-bond donors (Lipinski definition) is 0. The van der Waals surface area contributed by atoms with Crippen LogP contribution in [0.4, 0.5) is 0 Å². The van der Waals surface area contributed by atoms with Gasteiger partial charge in [-0.15, -0.1) is 0 Å². The first-order chi connectivity index (χ1) is 9.67. The Labute approximate surface area is 126 Å². The van der Waals surface area contributed by atoms with E-state index in [9.17, 15) is 4.79 Å². The number of nitrogens with zero attached hydrogens (tertiary/aromatic N) is 3. The van der Waals surface area contributed by atoms with Crippen molar-refractivity contribution < 1.29 is 9.53 Å².